The molecule has 1 aliphatic rings. The van der Waals surface area contributed by atoms with E-state index >= 15 is 0 Å². The number of anilines is 1. The van der Waals surface area contributed by atoms with Gasteiger partial charge >= 0.3 is 0 Å². The minimum Gasteiger partial charge on any atom is -0.491 e. The van der Waals surface area contributed by atoms with E-state index in [1.165, 1.54) is 0 Å². The van der Waals surface area contributed by atoms with Crippen molar-refractivity contribution in [3.63, 3.8) is 0 Å². The van der Waals surface area contributed by atoms with Crippen LogP contribution in [0.25, 0.3) is 0 Å². The van der Waals surface area contributed by atoms with E-state index in [0.717, 1.165) is 23.4 Å². The number of nitrogens with one attached hydrogen (secondary N) is 1. The molecule has 5 heteroatoms. The maximum absolute atomic E-state index is 11.2. The van der Waals surface area contributed by atoms with Crippen molar-refractivity contribution in [3.05, 3.63) is 23.8 Å². The van der Waals surface area contributed by atoms with Gasteiger partial charge in [0.15, 0.2) is 0 Å². The summed E-state index contributed by atoms with van der Waals surface area (Å²) in [6, 6.07) is 5.54. The number of rotatable bonds is 4. The van der Waals surface area contributed by atoms with Gasteiger partial charge in [-0.25, -0.2) is 0 Å². The van der Waals surface area contributed by atoms with Crippen molar-refractivity contribution in [3.8, 4) is 5.75 Å². The maximum Gasteiger partial charge on any atom is 0.224 e. The van der Waals surface area contributed by atoms with E-state index in [9.17, 15) is 9.90 Å². The molecule has 4 nitrogen and oxygen atoms in total. The fraction of sp³-hybridized carbons (Fsp3) is 0.417. The van der Waals surface area contributed by atoms with E-state index in [1.54, 1.807) is 6.07 Å². The van der Waals surface area contributed by atoms with Crippen LogP contribution in [0.15, 0.2) is 18.2 Å². The topological polar surface area (TPSA) is 58.6 Å². The lowest BCUT2D eigenvalue weighted by molar-refractivity contribution is -0.116. The molecule has 1 aromatic carbocycles. The van der Waals surface area contributed by atoms with Gasteiger partial charge in [-0.05, 0) is 30.2 Å². The first-order valence-electron chi connectivity index (χ1n) is 5.48. The fourth-order valence-corrected chi connectivity index (χ4v) is 1.87. The molecule has 1 amide bonds. The van der Waals surface area contributed by atoms with Gasteiger partial charge in [-0.3, -0.25) is 4.79 Å². The number of aliphatic hydroxyl groups excluding tert-OH is 1. The molecule has 0 bridgehead atoms. The highest BCUT2D eigenvalue weighted by Gasteiger charge is 2.15. The molecule has 1 aliphatic heterocycles. The first kappa shape index (κ1) is 12.4. The summed E-state index contributed by atoms with van der Waals surface area (Å²) < 4.78 is 5.46. The van der Waals surface area contributed by atoms with E-state index in [2.05, 4.69) is 21.2 Å². The number of amides is 1. The lowest BCUT2D eigenvalue weighted by atomic mass is 10.0. The smallest absolute Gasteiger partial charge is 0.224 e. The van der Waals surface area contributed by atoms with Crippen LogP contribution in [-0.4, -0.2) is 29.1 Å². The van der Waals surface area contributed by atoms with Crippen molar-refractivity contribution in [1.82, 2.24) is 0 Å². The molecule has 0 radical (unpaired) electrons. The van der Waals surface area contributed by atoms with Crippen LogP contribution in [0.1, 0.15) is 12.0 Å². The zero-order valence-electron chi connectivity index (χ0n) is 9.28. The molecule has 1 aromatic rings. The molecule has 17 heavy (non-hydrogen) atoms. The Morgan fingerprint density at radius 1 is 1.47 bits per heavy atom. The molecule has 0 fully saturated rings. The normalized spacial score (nSPS) is 16.0. The third-order valence-electron chi connectivity index (χ3n) is 2.59. The average molecular weight is 300 g/mol. The molecule has 2 N–H and O–H groups in total. The largest absolute Gasteiger partial charge is 0.491 e. The molecule has 0 spiro atoms. The quantitative estimate of drug-likeness (QED) is 0.832. The first-order chi connectivity index (χ1) is 8.19. The molecule has 1 heterocycles. The molecule has 0 aromatic heterocycles. The number of hydrogen-bond donors (Lipinski definition) is 2. The van der Waals surface area contributed by atoms with Crippen molar-refractivity contribution >= 4 is 27.5 Å². The lowest BCUT2D eigenvalue weighted by Crippen LogP contribution is -2.20. The van der Waals surface area contributed by atoms with Crippen molar-refractivity contribution in [1.29, 1.82) is 0 Å². The van der Waals surface area contributed by atoms with Crippen molar-refractivity contribution in [2.24, 2.45) is 0 Å². The van der Waals surface area contributed by atoms with Gasteiger partial charge in [0.1, 0.15) is 12.4 Å². The predicted octanol–water partition coefficient (Wildman–Crippen LogP) is 1.71. The van der Waals surface area contributed by atoms with Crippen LogP contribution >= 0.6 is 15.9 Å². The molecule has 92 valence electrons. The molecule has 2 rings (SSSR count). The first-order valence-corrected chi connectivity index (χ1v) is 6.61. The number of aryl methyl sites for hydroxylation is 1. The Hall–Kier alpha value is -1.07. The van der Waals surface area contributed by atoms with Gasteiger partial charge in [-0.15, -0.1) is 0 Å². The lowest BCUT2D eigenvalue weighted by Gasteiger charge is -2.18. The van der Waals surface area contributed by atoms with Crippen LogP contribution in [-0.2, 0) is 11.2 Å². The van der Waals surface area contributed by atoms with E-state index in [-0.39, 0.29) is 12.5 Å². The second-order valence-electron chi connectivity index (χ2n) is 3.99. The molecule has 0 saturated carbocycles. The molecular formula is C12H14BrNO3. The number of benzene rings is 1. The number of fused-ring (bicyclic) bond motifs is 1. The number of carbonyl (C=O) groups is 1. The highest BCUT2D eigenvalue weighted by Crippen LogP contribution is 2.26. The van der Waals surface area contributed by atoms with Gasteiger partial charge in [0, 0.05) is 17.4 Å². The fourth-order valence-electron chi connectivity index (χ4n) is 1.69. The van der Waals surface area contributed by atoms with Crippen LogP contribution < -0.4 is 10.1 Å². The summed E-state index contributed by atoms with van der Waals surface area (Å²) in [7, 11) is 0. The van der Waals surface area contributed by atoms with Gasteiger partial charge < -0.3 is 15.2 Å². The Kier molecular flexibility index (Phi) is 4.02. The minimum absolute atomic E-state index is 0.0564. The van der Waals surface area contributed by atoms with E-state index in [4.69, 9.17) is 4.74 Å². The highest BCUT2D eigenvalue weighted by atomic mass is 79.9. The standard InChI is InChI=1S/C12H14BrNO3/c13-6-9(15)7-17-10-2-3-11-8(5-10)1-4-12(16)14-11/h2-3,5,9,15H,1,4,6-7H2,(H,14,16). The summed E-state index contributed by atoms with van der Waals surface area (Å²) in [5.41, 5.74) is 1.94. The molecule has 1 atom stereocenters. The SMILES string of the molecule is O=C1CCc2cc(OCC(O)CBr)ccc2N1. The molecular weight excluding hydrogens is 286 g/mol. The van der Waals surface area contributed by atoms with Crippen molar-refractivity contribution in [2.75, 3.05) is 17.3 Å². The van der Waals surface area contributed by atoms with Crippen LogP contribution in [0.3, 0.4) is 0 Å². The monoisotopic (exact) mass is 299 g/mol. The summed E-state index contributed by atoms with van der Waals surface area (Å²) in [5.74, 6) is 0.778. The summed E-state index contributed by atoms with van der Waals surface area (Å²) in [5, 5.41) is 12.7. The van der Waals surface area contributed by atoms with Gasteiger partial charge in [0.2, 0.25) is 5.91 Å². The Bertz CT molecular complexity index is 422. The van der Waals surface area contributed by atoms with E-state index in [1.807, 2.05) is 12.1 Å². The minimum atomic E-state index is -0.509. The van der Waals surface area contributed by atoms with Crippen LogP contribution in [0.5, 0.6) is 5.75 Å². The van der Waals surface area contributed by atoms with Crippen LogP contribution in [0.2, 0.25) is 0 Å². The summed E-state index contributed by atoms with van der Waals surface area (Å²) in [6.45, 7) is 0.260. The Morgan fingerprint density at radius 3 is 3.06 bits per heavy atom. The Labute approximate surface area is 108 Å². The third-order valence-corrected chi connectivity index (χ3v) is 3.34. The average Bonchev–Trinajstić information content (AvgIpc) is 2.35. The Balaban J connectivity index is 2.04. The second-order valence-corrected chi connectivity index (χ2v) is 4.63. The van der Waals surface area contributed by atoms with E-state index < -0.39 is 6.10 Å². The van der Waals surface area contributed by atoms with Gasteiger partial charge in [0.05, 0.1) is 6.10 Å². The Morgan fingerprint density at radius 2 is 2.29 bits per heavy atom. The number of carbonyl (C=O) groups excluding carboxylic acids is 1. The molecule has 0 saturated heterocycles. The molecule has 1 unspecified atom stereocenters. The number of halogens is 1. The van der Waals surface area contributed by atoms with E-state index in [0.29, 0.717) is 11.8 Å². The summed E-state index contributed by atoms with van der Waals surface area (Å²) in [4.78, 5) is 11.2. The highest BCUT2D eigenvalue weighted by molar-refractivity contribution is 9.09. The van der Waals surface area contributed by atoms with Crippen molar-refractivity contribution < 1.29 is 14.6 Å². The van der Waals surface area contributed by atoms with Crippen LogP contribution in [0.4, 0.5) is 5.69 Å². The zero-order chi connectivity index (χ0) is 12.3. The number of ether oxygens (including phenoxy) is 1. The second kappa shape index (κ2) is 5.51. The zero-order valence-corrected chi connectivity index (χ0v) is 10.9. The third kappa shape index (κ3) is 3.20. The van der Waals surface area contributed by atoms with Gasteiger partial charge in [-0.2, -0.15) is 0 Å². The number of aliphatic hydroxyl groups is 1. The van der Waals surface area contributed by atoms with Crippen molar-refractivity contribution in [2.45, 2.75) is 18.9 Å². The van der Waals surface area contributed by atoms with Gasteiger partial charge in [0.25, 0.3) is 0 Å². The number of alkyl halides is 1. The number of hydrogen-bond acceptors (Lipinski definition) is 3. The summed E-state index contributed by atoms with van der Waals surface area (Å²) >= 11 is 3.18. The maximum atomic E-state index is 11.2. The summed E-state index contributed by atoms with van der Waals surface area (Å²) in [6.07, 6.45) is 0.741. The predicted molar refractivity (Wildman–Crippen MR) is 68.7 cm³/mol. The van der Waals surface area contributed by atoms with Gasteiger partial charge in [-0.1, -0.05) is 15.9 Å². The molecule has 0 aliphatic carbocycles. The van der Waals surface area contributed by atoms with Crippen LogP contribution in [0, 0.1) is 0 Å².